The van der Waals surface area contributed by atoms with Gasteiger partial charge in [-0.25, -0.2) is 0 Å². The van der Waals surface area contributed by atoms with Crippen LogP contribution in [0, 0.1) is 0 Å². The number of halogens is 1. The summed E-state index contributed by atoms with van der Waals surface area (Å²) in [4.78, 5) is 4.42. The standard InChI is InChI=1S/C14H15ClN2O3/c1-19-14(6-2-3-7-14)13-16-12(20-17-13)9-4-5-10(15)11(18)8-9/h4-5,8,18H,2-3,6-7H2,1H3. The molecule has 0 radical (unpaired) electrons. The molecule has 0 unspecified atom stereocenters. The van der Waals surface area contributed by atoms with E-state index < -0.39 is 5.60 Å². The Labute approximate surface area is 121 Å². The maximum Gasteiger partial charge on any atom is 0.258 e. The first-order chi connectivity index (χ1) is 9.64. The van der Waals surface area contributed by atoms with Gasteiger partial charge in [0.15, 0.2) is 0 Å². The first-order valence-electron chi connectivity index (χ1n) is 6.53. The molecule has 0 aliphatic heterocycles. The highest BCUT2D eigenvalue weighted by atomic mass is 35.5. The number of hydrogen-bond acceptors (Lipinski definition) is 5. The number of phenols is 1. The van der Waals surface area contributed by atoms with Gasteiger partial charge in [-0.05, 0) is 43.9 Å². The maximum atomic E-state index is 9.63. The molecule has 0 bridgehead atoms. The molecule has 0 atom stereocenters. The van der Waals surface area contributed by atoms with Gasteiger partial charge in [0.1, 0.15) is 11.4 Å². The SMILES string of the molecule is COC1(c2noc(-c3ccc(Cl)c(O)c3)n2)CCCC1. The zero-order valence-corrected chi connectivity index (χ0v) is 11.9. The van der Waals surface area contributed by atoms with Crippen LogP contribution in [0.4, 0.5) is 0 Å². The van der Waals surface area contributed by atoms with Crippen molar-refractivity contribution >= 4 is 11.6 Å². The number of phenolic OH excluding ortho intramolecular Hbond substituents is 1. The minimum absolute atomic E-state index is 0.00811. The molecule has 0 amide bonds. The third kappa shape index (κ3) is 2.17. The lowest BCUT2D eigenvalue weighted by Gasteiger charge is -2.22. The van der Waals surface area contributed by atoms with E-state index in [2.05, 4.69) is 10.1 Å². The number of methoxy groups -OCH3 is 1. The number of nitrogens with zero attached hydrogens (tertiary/aromatic N) is 2. The fraction of sp³-hybridized carbons (Fsp3) is 0.429. The van der Waals surface area contributed by atoms with E-state index in [1.54, 1.807) is 19.2 Å². The Morgan fingerprint density at radius 3 is 2.75 bits per heavy atom. The smallest absolute Gasteiger partial charge is 0.258 e. The quantitative estimate of drug-likeness (QED) is 0.938. The molecule has 1 heterocycles. The summed E-state index contributed by atoms with van der Waals surface area (Å²) in [6.45, 7) is 0. The van der Waals surface area contributed by atoms with E-state index in [0.29, 0.717) is 17.3 Å². The fourth-order valence-electron chi connectivity index (χ4n) is 2.64. The molecule has 20 heavy (non-hydrogen) atoms. The van der Waals surface area contributed by atoms with E-state index >= 15 is 0 Å². The van der Waals surface area contributed by atoms with Gasteiger partial charge in [0.2, 0.25) is 5.82 Å². The number of aromatic nitrogens is 2. The minimum atomic E-state index is -0.434. The largest absolute Gasteiger partial charge is 0.506 e. The van der Waals surface area contributed by atoms with Gasteiger partial charge in [-0.3, -0.25) is 0 Å². The van der Waals surface area contributed by atoms with Crippen molar-refractivity contribution in [3.8, 4) is 17.2 Å². The van der Waals surface area contributed by atoms with Crippen molar-refractivity contribution in [1.29, 1.82) is 0 Å². The van der Waals surface area contributed by atoms with Crippen LogP contribution >= 0.6 is 11.6 Å². The highest BCUT2D eigenvalue weighted by molar-refractivity contribution is 6.32. The summed E-state index contributed by atoms with van der Waals surface area (Å²) in [6.07, 6.45) is 3.99. The lowest BCUT2D eigenvalue weighted by molar-refractivity contribution is -0.0178. The molecule has 1 aliphatic carbocycles. The number of hydrogen-bond donors (Lipinski definition) is 1. The molecule has 0 spiro atoms. The van der Waals surface area contributed by atoms with Gasteiger partial charge in [-0.15, -0.1) is 0 Å². The summed E-state index contributed by atoms with van der Waals surface area (Å²) in [7, 11) is 1.68. The number of ether oxygens (including phenoxy) is 1. The summed E-state index contributed by atoms with van der Waals surface area (Å²) < 4.78 is 10.9. The van der Waals surface area contributed by atoms with E-state index in [-0.39, 0.29) is 10.8 Å². The van der Waals surface area contributed by atoms with Crippen LogP contribution in [0.1, 0.15) is 31.5 Å². The lowest BCUT2D eigenvalue weighted by atomic mass is 10.0. The van der Waals surface area contributed by atoms with Crippen molar-refractivity contribution in [2.75, 3.05) is 7.11 Å². The summed E-state index contributed by atoms with van der Waals surface area (Å²) in [5, 5.41) is 14.0. The molecule has 1 fully saturated rings. The zero-order chi connectivity index (χ0) is 14.2. The van der Waals surface area contributed by atoms with Crippen LogP contribution in [0.3, 0.4) is 0 Å². The van der Waals surface area contributed by atoms with Gasteiger partial charge in [0.05, 0.1) is 5.02 Å². The zero-order valence-electron chi connectivity index (χ0n) is 11.1. The van der Waals surface area contributed by atoms with Gasteiger partial charge >= 0.3 is 0 Å². The highest BCUT2D eigenvalue weighted by Crippen LogP contribution is 2.41. The van der Waals surface area contributed by atoms with Gasteiger partial charge < -0.3 is 14.4 Å². The topological polar surface area (TPSA) is 68.4 Å². The summed E-state index contributed by atoms with van der Waals surface area (Å²) >= 11 is 5.78. The van der Waals surface area contributed by atoms with Gasteiger partial charge in [-0.1, -0.05) is 16.8 Å². The number of aromatic hydroxyl groups is 1. The van der Waals surface area contributed by atoms with Crippen LogP contribution in [0.5, 0.6) is 5.75 Å². The third-order valence-electron chi connectivity index (χ3n) is 3.83. The van der Waals surface area contributed by atoms with E-state index in [1.807, 2.05) is 0 Å². The normalized spacial score (nSPS) is 17.5. The average Bonchev–Trinajstić information content (AvgIpc) is 3.10. The van der Waals surface area contributed by atoms with Crippen LogP contribution in [-0.2, 0) is 10.3 Å². The van der Waals surface area contributed by atoms with Crippen LogP contribution in [0.25, 0.3) is 11.5 Å². The molecular formula is C14H15ClN2O3. The number of rotatable bonds is 3. The molecular weight excluding hydrogens is 280 g/mol. The number of benzene rings is 1. The van der Waals surface area contributed by atoms with Crippen LogP contribution < -0.4 is 0 Å². The molecule has 106 valence electrons. The average molecular weight is 295 g/mol. The minimum Gasteiger partial charge on any atom is -0.506 e. The Morgan fingerprint density at radius 2 is 2.10 bits per heavy atom. The highest BCUT2D eigenvalue weighted by Gasteiger charge is 2.40. The van der Waals surface area contributed by atoms with Crippen molar-refractivity contribution in [1.82, 2.24) is 10.1 Å². The second-order valence-corrected chi connectivity index (χ2v) is 5.40. The molecule has 6 heteroatoms. The maximum absolute atomic E-state index is 9.63. The summed E-state index contributed by atoms with van der Waals surface area (Å²) in [5.41, 5.74) is 0.200. The van der Waals surface area contributed by atoms with Crippen molar-refractivity contribution < 1.29 is 14.4 Å². The van der Waals surface area contributed by atoms with E-state index in [0.717, 1.165) is 25.7 Å². The van der Waals surface area contributed by atoms with E-state index in [1.165, 1.54) is 6.07 Å². The second kappa shape index (κ2) is 5.07. The molecule has 2 aromatic rings. The Bertz CT molecular complexity index is 621. The van der Waals surface area contributed by atoms with Crippen LogP contribution in [0.15, 0.2) is 22.7 Å². The fourth-order valence-corrected chi connectivity index (χ4v) is 2.75. The molecule has 3 rings (SSSR count). The van der Waals surface area contributed by atoms with Crippen molar-refractivity contribution in [3.05, 3.63) is 29.0 Å². The van der Waals surface area contributed by atoms with Gasteiger partial charge in [0.25, 0.3) is 5.89 Å². The predicted molar refractivity (Wildman–Crippen MR) is 73.6 cm³/mol. The molecule has 1 aromatic heterocycles. The summed E-state index contributed by atoms with van der Waals surface area (Å²) in [6, 6.07) is 4.83. The third-order valence-corrected chi connectivity index (χ3v) is 4.15. The first kappa shape index (κ1) is 13.4. The van der Waals surface area contributed by atoms with E-state index in [4.69, 9.17) is 20.9 Å². The van der Waals surface area contributed by atoms with Crippen molar-refractivity contribution in [2.24, 2.45) is 0 Å². The Morgan fingerprint density at radius 1 is 1.35 bits per heavy atom. The molecule has 0 saturated heterocycles. The molecule has 1 saturated carbocycles. The van der Waals surface area contributed by atoms with Crippen LogP contribution in [0.2, 0.25) is 5.02 Å². The van der Waals surface area contributed by atoms with Gasteiger partial charge in [0, 0.05) is 12.7 Å². The van der Waals surface area contributed by atoms with Crippen LogP contribution in [-0.4, -0.2) is 22.4 Å². The second-order valence-electron chi connectivity index (χ2n) is 4.99. The Kier molecular flexibility index (Phi) is 3.40. The Balaban J connectivity index is 1.95. The molecule has 5 nitrogen and oxygen atoms in total. The predicted octanol–water partition coefficient (Wildman–Crippen LogP) is 3.51. The van der Waals surface area contributed by atoms with Crippen molar-refractivity contribution in [3.63, 3.8) is 0 Å². The molecule has 1 aromatic carbocycles. The summed E-state index contributed by atoms with van der Waals surface area (Å²) in [5.74, 6) is 0.920. The van der Waals surface area contributed by atoms with E-state index in [9.17, 15) is 5.11 Å². The Hall–Kier alpha value is -1.59. The lowest BCUT2D eigenvalue weighted by Crippen LogP contribution is -2.25. The molecule has 1 N–H and O–H groups in total. The monoisotopic (exact) mass is 294 g/mol. The molecule has 1 aliphatic rings. The first-order valence-corrected chi connectivity index (χ1v) is 6.91. The van der Waals surface area contributed by atoms with Crippen molar-refractivity contribution in [2.45, 2.75) is 31.3 Å². The van der Waals surface area contributed by atoms with Gasteiger partial charge in [-0.2, -0.15) is 4.98 Å².